The lowest BCUT2D eigenvalue weighted by atomic mass is 9.81. The van der Waals surface area contributed by atoms with Gasteiger partial charge in [0.15, 0.2) is 0 Å². The number of para-hydroxylation sites is 1. The standard InChI is InChI=1S/C32H26O4.C27H26N/c33-27-13-5-23(6-14-27)31(24-7-15-28(34)16-8-24)21-1-2-22(4-3-21)32(25-9-17-29(35)18-10-25)26-11-19-30(36)20-12-26;1-5-13-24(14-6-1)21-28(27-19-11-4-12-20-27,22-25-15-7-2-8-16-25)23-26-17-9-3-10-18-26/h1-20,31-36H;1-20H,21-23H2/q;+1/p-1. The van der Waals surface area contributed by atoms with Crippen molar-refractivity contribution in [1.29, 1.82) is 0 Å². The van der Waals surface area contributed by atoms with Crippen molar-refractivity contribution in [2.45, 2.75) is 31.5 Å². The van der Waals surface area contributed by atoms with E-state index in [1.807, 2.05) is 48.5 Å². The highest BCUT2D eigenvalue weighted by Gasteiger charge is 2.32. The third-order valence-corrected chi connectivity index (χ3v) is 11.8. The second kappa shape index (κ2) is 20.3. The van der Waals surface area contributed by atoms with E-state index in [4.69, 9.17) is 0 Å². The van der Waals surface area contributed by atoms with Crippen LogP contribution < -0.4 is 9.59 Å². The third-order valence-electron chi connectivity index (χ3n) is 11.8. The molecule has 0 aliphatic heterocycles. The van der Waals surface area contributed by atoms with Gasteiger partial charge in [-0.1, -0.05) is 194 Å². The highest BCUT2D eigenvalue weighted by Crippen LogP contribution is 2.38. The number of quaternary nitrogens is 1. The molecule has 9 aromatic rings. The number of benzene rings is 9. The average molecular weight is 838 g/mol. The number of phenols is 3. The van der Waals surface area contributed by atoms with Crippen LogP contribution in [0.1, 0.15) is 61.9 Å². The molecule has 0 radical (unpaired) electrons. The van der Waals surface area contributed by atoms with Crippen LogP contribution in [0.4, 0.5) is 5.69 Å². The Morgan fingerprint density at radius 1 is 0.297 bits per heavy atom. The first kappa shape index (κ1) is 42.8. The van der Waals surface area contributed by atoms with Gasteiger partial charge in [-0.3, -0.25) is 4.48 Å². The second-order valence-electron chi connectivity index (χ2n) is 16.3. The minimum atomic E-state index is -0.110. The van der Waals surface area contributed by atoms with Crippen molar-refractivity contribution < 1.29 is 20.4 Å². The molecule has 9 aromatic carbocycles. The maximum absolute atomic E-state index is 11.7. The summed E-state index contributed by atoms with van der Waals surface area (Å²) in [5, 5.41) is 41.1. The van der Waals surface area contributed by atoms with E-state index in [-0.39, 0.29) is 34.8 Å². The molecule has 0 aromatic heterocycles. The Morgan fingerprint density at radius 3 is 0.812 bits per heavy atom. The lowest BCUT2D eigenvalue weighted by Gasteiger charge is -2.39. The van der Waals surface area contributed by atoms with E-state index in [0.29, 0.717) is 0 Å². The molecular formula is C59H51NO4. The molecule has 0 bridgehead atoms. The maximum atomic E-state index is 11.7. The highest BCUT2D eigenvalue weighted by atomic mass is 16.3. The van der Waals surface area contributed by atoms with Crippen LogP contribution in [-0.4, -0.2) is 15.3 Å². The first-order valence-electron chi connectivity index (χ1n) is 21.6. The summed E-state index contributed by atoms with van der Waals surface area (Å²) >= 11 is 0. The molecule has 0 saturated carbocycles. The molecular weight excluding hydrogens is 787 g/mol. The van der Waals surface area contributed by atoms with Crippen molar-refractivity contribution in [3.8, 4) is 23.0 Å². The molecule has 0 amide bonds. The van der Waals surface area contributed by atoms with Gasteiger partial charge in [0.1, 0.15) is 42.6 Å². The molecule has 0 aliphatic rings. The van der Waals surface area contributed by atoms with Gasteiger partial charge in [0.05, 0.1) is 0 Å². The molecule has 1 atom stereocenters. The predicted octanol–water partition coefficient (Wildman–Crippen LogP) is 12.8. The van der Waals surface area contributed by atoms with Crippen molar-refractivity contribution in [2.75, 3.05) is 0 Å². The Morgan fingerprint density at radius 2 is 0.531 bits per heavy atom. The SMILES string of the molecule is [O-]c1ccc(C(c2ccc(O)cc2)c2ccc(C(c3ccc(O)cc3)c3ccc(O)cc3)cc2)cc1.c1ccc(C[N+](Cc2ccccc2)(Cc2ccccc2)c2ccccc2)cc1. The van der Waals surface area contributed by atoms with E-state index in [2.05, 4.69) is 146 Å². The van der Waals surface area contributed by atoms with Crippen LogP contribution in [0, 0.1) is 0 Å². The van der Waals surface area contributed by atoms with E-state index in [0.717, 1.165) is 57.5 Å². The third kappa shape index (κ3) is 10.8. The van der Waals surface area contributed by atoms with Gasteiger partial charge in [-0.2, -0.15) is 0 Å². The van der Waals surface area contributed by atoms with Crippen LogP contribution in [0.3, 0.4) is 0 Å². The van der Waals surface area contributed by atoms with Crippen LogP contribution in [0.5, 0.6) is 23.0 Å². The van der Waals surface area contributed by atoms with Gasteiger partial charge in [0.2, 0.25) is 0 Å². The van der Waals surface area contributed by atoms with E-state index in [1.165, 1.54) is 22.4 Å². The zero-order valence-corrected chi connectivity index (χ0v) is 35.6. The molecule has 64 heavy (non-hydrogen) atoms. The van der Waals surface area contributed by atoms with Crippen LogP contribution in [0.15, 0.2) is 243 Å². The van der Waals surface area contributed by atoms with E-state index < -0.39 is 0 Å². The molecule has 1 unspecified atom stereocenters. The first-order chi connectivity index (χ1) is 31.3. The minimum absolute atomic E-state index is 0.0378. The fraction of sp³-hybridized carbons (Fsp3) is 0.0847. The zero-order chi connectivity index (χ0) is 44.1. The molecule has 3 N–H and O–H groups in total. The minimum Gasteiger partial charge on any atom is -0.872 e. The number of aromatic hydroxyl groups is 3. The fourth-order valence-corrected chi connectivity index (χ4v) is 8.68. The summed E-state index contributed by atoms with van der Waals surface area (Å²) in [6.45, 7) is 2.86. The van der Waals surface area contributed by atoms with Gasteiger partial charge in [0, 0.05) is 28.5 Å². The molecule has 0 fully saturated rings. The molecule has 0 saturated heterocycles. The van der Waals surface area contributed by atoms with Crippen LogP contribution >= 0.6 is 0 Å². The predicted molar refractivity (Wildman–Crippen MR) is 257 cm³/mol. The Kier molecular flexibility index (Phi) is 13.6. The molecule has 0 heterocycles. The van der Waals surface area contributed by atoms with Gasteiger partial charge < -0.3 is 20.4 Å². The van der Waals surface area contributed by atoms with Crippen molar-refractivity contribution in [2.24, 2.45) is 0 Å². The fourth-order valence-electron chi connectivity index (χ4n) is 8.68. The van der Waals surface area contributed by atoms with Gasteiger partial charge >= 0.3 is 0 Å². The highest BCUT2D eigenvalue weighted by molar-refractivity contribution is 5.50. The zero-order valence-electron chi connectivity index (χ0n) is 35.6. The summed E-state index contributed by atoms with van der Waals surface area (Å²) in [7, 11) is 0. The lowest BCUT2D eigenvalue weighted by Crippen LogP contribution is -2.47. The summed E-state index contributed by atoms with van der Waals surface area (Å²) in [4.78, 5) is 0. The second-order valence-corrected chi connectivity index (χ2v) is 16.3. The van der Waals surface area contributed by atoms with Crippen LogP contribution in [-0.2, 0) is 19.6 Å². The Labute approximate surface area is 376 Å². The maximum Gasteiger partial charge on any atom is 0.133 e. The quantitative estimate of drug-likeness (QED) is 0.0798. The Balaban J connectivity index is 0.000000181. The number of hydrogen-bond donors (Lipinski definition) is 3. The summed E-state index contributed by atoms with van der Waals surface area (Å²) < 4.78 is 0.860. The van der Waals surface area contributed by atoms with Crippen LogP contribution in [0.25, 0.3) is 0 Å². The van der Waals surface area contributed by atoms with Crippen molar-refractivity contribution in [1.82, 2.24) is 4.48 Å². The summed E-state index contributed by atoms with van der Waals surface area (Å²) in [5.74, 6) is 0.379. The van der Waals surface area contributed by atoms with Gasteiger partial charge in [0.25, 0.3) is 0 Å². The molecule has 0 aliphatic carbocycles. The van der Waals surface area contributed by atoms with Gasteiger partial charge in [-0.15, -0.1) is 5.75 Å². The van der Waals surface area contributed by atoms with E-state index in [9.17, 15) is 20.4 Å². The van der Waals surface area contributed by atoms with Gasteiger partial charge in [-0.25, -0.2) is 0 Å². The lowest BCUT2D eigenvalue weighted by molar-refractivity contribution is -0.268. The summed E-state index contributed by atoms with van der Waals surface area (Å²) in [6, 6.07) is 80.2. The smallest absolute Gasteiger partial charge is 0.133 e. The van der Waals surface area contributed by atoms with Crippen molar-refractivity contribution >= 4 is 5.69 Å². The van der Waals surface area contributed by atoms with Gasteiger partial charge in [-0.05, 0) is 81.9 Å². The normalized spacial score (nSPS) is 11.6. The molecule has 0 spiro atoms. The average Bonchev–Trinajstić information content (AvgIpc) is 3.33. The number of phenolic OH excluding ortho intramolecular Hbond substituents is 3. The van der Waals surface area contributed by atoms with E-state index >= 15 is 0 Å². The largest absolute Gasteiger partial charge is 0.872 e. The number of hydrogen-bond acceptors (Lipinski definition) is 4. The van der Waals surface area contributed by atoms with Crippen molar-refractivity contribution in [3.05, 3.63) is 293 Å². The topological polar surface area (TPSA) is 83.8 Å². The Bertz CT molecular complexity index is 2470. The number of nitrogens with zero attached hydrogens (tertiary/aromatic N) is 1. The molecule has 5 nitrogen and oxygen atoms in total. The Hall–Kier alpha value is -7.86. The summed E-state index contributed by atoms with van der Waals surface area (Å²) in [6.07, 6.45) is 0. The van der Waals surface area contributed by atoms with E-state index in [1.54, 1.807) is 48.5 Å². The summed E-state index contributed by atoms with van der Waals surface area (Å²) in [5.41, 5.74) is 11.6. The molecule has 5 heteroatoms. The molecule has 9 rings (SSSR count). The number of rotatable bonds is 13. The van der Waals surface area contributed by atoms with Crippen molar-refractivity contribution in [3.63, 3.8) is 0 Å². The first-order valence-corrected chi connectivity index (χ1v) is 21.6. The monoisotopic (exact) mass is 837 g/mol. The van der Waals surface area contributed by atoms with Crippen LogP contribution in [0.2, 0.25) is 0 Å². The molecule has 316 valence electrons.